The maximum atomic E-state index is 9.72. The van der Waals surface area contributed by atoms with Gasteiger partial charge in [0.05, 0.1) is 18.8 Å². The highest BCUT2D eigenvalue weighted by Crippen LogP contribution is 2.28. The van der Waals surface area contributed by atoms with Crippen molar-refractivity contribution in [3.63, 3.8) is 0 Å². The van der Waals surface area contributed by atoms with E-state index in [0.29, 0.717) is 18.8 Å². The Morgan fingerprint density at radius 3 is 3.11 bits per heavy atom. The van der Waals surface area contributed by atoms with E-state index in [0.717, 1.165) is 5.52 Å². The van der Waals surface area contributed by atoms with Gasteiger partial charge in [0.25, 0.3) is 0 Å². The second-order valence-electron chi connectivity index (χ2n) is 4.42. The summed E-state index contributed by atoms with van der Waals surface area (Å²) in [6.07, 6.45) is 1.86. The van der Waals surface area contributed by atoms with Crippen LogP contribution in [0.3, 0.4) is 0 Å². The lowest BCUT2D eigenvalue weighted by molar-refractivity contribution is 0.184. The van der Waals surface area contributed by atoms with Gasteiger partial charge in [-0.15, -0.1) is 5.10 Å². The number of halogens is 1. The molecule has 96 valence electrons. The van der Waals surface area contributed by atoms with Gasteiger partial charge in [-0.05, 0) is 30.2 Å². The molecule has 2 aromatic heterocycles. The van der Waals surface area contributed by atoms with Crippen molar-refractivity contribution in [1.82, 2.24) is 14.6 Å². The van der Waals surface area contributed by atoms with E-state index in [1.54, 1.807) is 10.7 Å². The molecule has 7 heteroatoms. The van der Waals surface area contributed by atoms with Crippen LogP contribution in [0, 0.1) is 0 Å². The van der Waals surface area contributed by atoms with E-state index in [2.05, 4.69) is 10.1 Å². The van der Waals surface area contributed by atoms with E-state index < -0.39 is 6.10 Å². The number of β-amino-alcohol motifs (C(OH)–C–C–N with tert-alkyl or cyclic N) is 1. The van der Waals surface area contributed by atoms with Gasteiger partial charge in [-0.25, -0.2) is 4.52 Å². The number of hydrogen-bond donors (Lipinski definition) is 2. The zero-order chi connectivity index (χ0) is 12.7. The molecule has 0 aromatic carbocycles. The number of fused-ring (bicyclic) bond motifs is 1. The van der Waals surface area contributed by atoms with E-state index >= 15 is 0 Å². The topological polar surface area (TPSA) is 73.9 Å². The molecule has 1 saturated heterocycles. The average Bonchev–Trinajstić information content (AvgIpc) is 2.93. The van der Waals surface area contributed by atoms with Gasteiger partial charge in [-0.3, -0.25) is 0 Å². The second-order valence-corrected chi connectivity index (χ2v) is 4.76. The molecule has 6 nitrogen and oxygen atoms in total. The first-order valence-electron chi connectivity index (χ1n) is 5.75. The van der Waals surface area contributed by atoms with Crippen molar-refractivity contribution in [3.8, 4) is 0 Å². The van der Waals surface area contributed by atoms with Gasteiger partial charge in [0, 0.05) is 12.7 Å². The highest BCUT2D eigenvalue weighted by Gasteiger charge is 2.32. The first kappa shape index (κ1) is 11.7. The van der Waals surface area contributed by atoms with Crippen LogP contribution in [-0.2, 0) is 0 Å². The monoisotopic (exact) mass is 268 g/mol. The second kappa shape index (κ2) is 4.38. The first-order valence-corrected chi connectivity index (χ1v) is 6.13. The highest BCUT2D eigenvalue weighted by molar-refractivity contribution is 6.28. The third kappa shape index (κ3) is 1.82. The average molecular weight is 269 g/mol. The van der Waals surface area contributed by atoms with E-state index in [-0.39, 0.29) is 17.9 Å². The minimum atomic E-state index is -0.453. The lowest BCUT2D eigenvalue weighted by Gasteiger charge is -2.24. The van der Waals surface area contributed by atoms with Crippen LogP contribution >= 0.6 is 11.6 Å². The number of nitrogens with zero attached hydrogens (tertiary/aromatic N) is 4. The van der Waals surface area contributed by atoms with Crippen molar-refractivity contribution >= 4 is 22.9 Å². The van der Waals surface area contributed by atoms with Crippen molar-refractivity contribution in [2.24, 2.45) is 0 Å². The van der Waals surface area contributed by atoms with Crippen LogP contribution in [0.2, 0.25) is 5.28 Å². The Balaban J connectivity index is 2.10. The molecule has 1 aliphatic rings. The fourth-order valence-corrected chi connectivity index (χ4v) is 2.59. The molecule has 2 aromatic rings. The summed E-state index contributed by atoms with van der Waals surface area (Å²) >= 11 is 5.89. The Bertz CT molecular complexity index is 573. The summed E-state index contributed by atoms with van der Waals surface area (Å²) in [6, 6.07) is 3.60. The largest absolute Gasteiger partial charge is 0.394 e. The SMILES string of the molecule is OC[C@@H]1C[C@@H](O)CN1c1nc(Cl)nn2cccc12. The highest BCUT2D eigenvalue weighted by atomic mass is 35.5. The minimum Gasteiger partial charge on any atom is -0.394 e. The molecule has 1 fully saturated rings. The zero-order valence-electron chi connectivity index (χ0n) is 9.57. The molecule has 1 aliphatic heterocycles. The summed E-state index contributed by atoms with van der Waals surface area (Å²) in [5, 5.41) is 23.3. The number of hydrogen-bond acceptors (Lipinski definition) is 5. The molecule has 3 rings (SSSR count). The van der Waals surface area contributed by atoms with Crippen LogP contribution in [0.4, 0.5) is 5.82 Å². The quantitative estimate of drug-likeness (QED) is 0.820. The van der Waals surface area contributed by atoms with Gasteiger partial charge in [-0.1, -0.05) is 0 Å². The summed E-state index contributed by atoms with van der Waals surface area (Å²) in [5.41, 5.74) is 0.812. The summed E-state index contributed by atoms with van der Waals surface area (Å²) < 4.78 is 1.64. The molecular weight excluding hydrogens is 256 g/mol. The van der Waals surface area contributed by atoms with Crippen LogP contribution in [0.1, 0.15) is 6.42 Å². The Kier molecular flexibility index (Phi) is 2.85. The van der Waals surface area contributed by atoms with Crippen molar-refractivity contribution in [2.75, 3.05) is 18.1 Å². The summed E-state index contributed by atoms with van der Waals surface area (Å²) in [6.45, 7) is 0.422. The summed E-state index contributed by atoms with van der Waals surface area (Å²) in [5.74, 6) is 0.649. The van der Waals surface area contributed by atoms with Gasteiger partial charge < -0.3 is 15.1 Å². The van der Waals surface area contributed by atoms with E-state index in [9.17, 15) is 10.2 Å². The molecule has 0 aliphatic carbocycles. The van der Waals surface area contributed by atoms with Crippen LogP contribution in [0.25, 0.3) is 5.52 Å². The Morgan fingerprint density at radius 2 is 2.33 bits per heavy atom. The number of aliphatic hydroxyl groups excluding tert-OH is 2. The molecule has 18 heavy (non-hydrogen) atoms. The molecule has 0 saturated carbocycles. The molecular formula is C11H13ClN4O2. The fourth-order valence-electron chi connectivity index (χ4n) is 2.43. The Morgan fingerprint density at radius 1 is 1.50 bits per heavy atom. The molecule has 2 N–H and O–H groups in total. The van der Waals surface area contributed by atoms with Crippen LogP contribution in [0.15, 0.2) is 18.3 Å². The fraction of sp³-hybridized carbons (Fsp3) is 0.455. The lowest BCUT2D eigenvalue weighted by Crippen LogP contribution is -2.33. The standard InChI is InChI=1S/C11H13ClN4O2/c12-11-13-10(9-2-1-3-16(9)14-11)15-5-8(18)4-7(15)6-17/h1-3,7-8,17-18H,4-6H2/t7-,8+/m0/s1. The smallest absolute Gasteiger partial charge is 0.243 e. The maximum absolute atomic E-state index is 9.72. The molecule has 2 atom stereocenters. The Labute approximate surface area is 108 Å². The van der Waals surface area contributed by atoms with E-state index in [1.807, 2.05) is 17.0 Å². The van der Waals surface area contributed by atoms with Crippen molar-refractivity contribution in [1.29, 1.82) is 0 Å². The van der Waals surface area contributed by atoms with Crippen LogP contribution in [0.5, 0.6) is 0 Å². The molecule has 0 amide bonds. The van der Waals surface area contributed by atoms with Gasteiger partial charge in [0.15, 0.2) is 5.82 Å². The van der Waals surface area contributed by atoms with E-state index in [1.165, 1.54) is 0 Å². The number of anilines is 1. The molecule has 0 unspecified atom stereocenters. The molecule has 3 heterocycles. The van der Waals surface area contributed by atoms with Crippen LogP contribution < -0.4 is 4.90 Å². The van der Waals surface area contributed by atoms with Crippen molar-refractivity contribution < 1.29 is 10.2 Å². The first-order chi connectivity index (χ1) is 8.69. The summed E-state index contributed by atoms with van der Waals surface area (Å²) in [7, 11) is 0. The van der Waals surface area contributed by atoms with Crippen molar-refractivity contribution in [2.45, 2.75) is 18.6 Å². The Hall–Kier alpha value is -1.37. The number of aromatic nitrogens is 3. The van der Waals surface area contributed by atoms with Gasteiger partial charge >= 0.3 is 0 Å². The summed E-state index contributed by atoms with van der Waals surface area (Å²) in [4.78, 5) is 6.11. The predicted molar refractivity (Wildman–Crippen MR) is 66.8 cm³/mol. The van der Waals surface area contributed by atoms with Crippen LogP contribution in [-0.4, -0.2) is 50.1 Å². The lowest BCUT2D eigenvalue weighted by atomic mass is 10.2. The van der Waals surface area contributed by atoms with Crippen molar-refractivity contribution in [3.05, 3.63) is 23.6 Å². The predicted octanol–water partition coefficient (Wildman–Crippen LogP) is 0.315. The normalized spacial score (nSPS) is 24.1. The third-order valence-corrected chi connectivity index (χ3v) is 3.38. The van der Waals surface area contributed by atoms with E-state index in [4.69, 9.17) is 11.6 Å². The molecule has 0 radical (unpaired) electrons. The minimum absolute atomic E-state index is 0.0223. The van der Waals surface area contributed by atoms with Gasteiger partial charge in [0.2, 0.25) is 5.28 Å². The van der Waals surface area contributed by atoms with Gasteiger partial charge in [0.1, 0.15) is 5.52 Å². The maximum Gasteiger partial charge on any atom is 0.243 e. The molecule has 0 spiro atoms. The zero-order valence-corrected chi connectivity index (χ0v) is 10.3. The van der Waals surface area contributed by atoms with Gasteiger partial charge in [-0.2, -0.15) is 4.98 Å². The number of aliphatic hydroxyl groups is 2. The third-order valence-electron chi connectivity index (χ3n) is 3.22. The molecule has 0 bridgehead atoms. The number of rotatable bonds is 2.